The van der Waals surface area contributed by atoms with Gasteiger partial charge in [-0.3, -0.25) is 9.59 Å². The molecule has 1 aromatic rings. The second-order valence-corrected chi connectivity index (χ2v) is 4.63. The van der Waals surface area contributed by atoms with Gasteiger partial charge in [0.2, 0.25) is 5.91 Å². The second kappa shape index (κ2) is 5.27. The highest BCUT2D eigenvalue weighted by Gasteiger charge is 2.38. The summed E-state index contributed by atoms with van der Waals surface area (Å²) in [5.74, 6) is -2.92. The lowest BCUT2D eigenvalue weighted by Gasteiger charge is -2.19. The van der Waals surface area contributed by atoms with E-state index >= 15 is 0 Å². The Morgan fingerprint density at radius 3 is 2.57 bits per heavy atom. The number of ether oxygens (including phenoxy) is 1. The van der Waals surface area contributed by atoms with Crippen molar-refractivity contribution in [3.8, 4) is 5.75 Å². The van der Waals surface area contributed by atoms with Gasteiger partial charge in [-0.25, -0.2) is 0 Å². The van der Waals surface area contributed by atoms with E-state index < -0.39 is 29.5 Å². The van der Waals surface area contributed by atoms with Gasteiger partial charge in [-0.2, -0.15) is 13.2 Å². The van der Waals surface area contributed by atoms with E-state index in [0.29, 0.717) is 0 Å². The van der Waals surface area contributed by atoms with Gasteiger partial charge in [0, 0.05) is 18.7 Å². The summed E-state index contributed by atoms with van der Waals surface area (Å²) < 4.78 is 43.4. The number of carboxylic acid groups (broad SMARTS) is 1. The number of carboxylic acids is 1. The van der Waals surface area contributed by atoms with Gasteiger partial charge < -0.3 is 14.7 Å². The normalized spacial score (nSPS) is 19.0. The maximum absolute atomic E-state index is 12.9. The van der Waals surface area contributed by atoms with Crippen LogP contribution in [-0.2, 0) is 15.8 Å². The van der Waals surface area contributed by atoms with Crippen LogP contribution in [0.25, 0.3) is 0 Å². The molecule has 0 bridgehead atoms. The number of methoxy groups -OCH3 is 1. The van der Waals surface area contributed by atoms with Crippen LogP contribution in [-0.4, -0.2) is 30.6 Å². The predicted octanol–water partition coefficient (Wildman–Crippen LogP) is 2.15. The zero-order valence-corrected chi connectivity index (χ0v) is 11.0. The van der Waals surface area contributed by atoms with Crippen molar-refractivity contribution >= 4 is 17.6 Å². The second-order valence-electron chi connectivity index (χ2n) is 4.63. The lowest BCUT2D eigenvalue weighted by molar-refractivity contribution is -0.141. The van der Waals surface area contributed by atoms with E-state index in [9.17, 15) is 22.8 Å². The zero-order chi connectivity index (χ0) is 15.8. The lowest BCUT2D eigenvalue weighted by Crippen LogP contribution is -2.26. The average Bonchev–Trinajstić information content (AvgIpc) is 2.79. The van der Waals surface area contributed by atoms with E-state index in [1.807, 2.05) is 0 Å². The number of rotatable bonds is 3. The van der Waals surface area contributed by atoms with Crippen LogP contribution < -0.4 is 9.64 Å². The Morgan fingerprint density at radius 1 is 1.43 bits per heavy atom. The lowest BCUT2D eigenvalue weighted by atomic mass is 10.1. The van der Waals surface area contributed by atoms with Gasteiger partial charge in [-0.1, -0.05) is 0 Å². The molecule has 5 nitrogen and oxygen atoms in total. The van der Waals surface area contributed by atoms with Crippen molar-refractivity contribution in [2.75, 3.05) is 18.6 Å². The molecule has 0 saturated carbocycles. The Hall–Kier alpha value is -2.25. The first kappa shape index (κ1) is 15.1. The van der Waals surface area contributed by atoms with Gasteiger partial charge in [-0.05, 0) is 18.2 Å². The third-order valence-electron chi connectivity index (χ3n) is 3.27. The number of benzene rings is 1. The Morgan fingerprint density at radius 2 is 2.10 bits per heavy atom. The molecule has 0 radical (unpaired) electrons. The summed E-state index contributed by atoms with van der Waals surface area (Å²) in [6.45, 7) is -0.141. The van der Waals surface area contributed by atoms with Gasteiger partial charge in [0.25, 0.3) is 0 Å². The number of hydrogen-bond donors (Lipinski definition) is 1. The molecule has 21 heavy (non-hydrogen) atoms. The van der Waals surface area contributed by atoms with Gasteiger partial charge in [0.1, 0.15) is 5.75 Å². The highest BCUT2D eigenvalue weighted by Crippen LogP contribution is 2.39. The van der Waals surface area contributed by atoms with Crippen LogP contribution in [0, 0.1) is 5.92 Å². The van der Waals surface area contributed by atoms with Gasteiger partial charge in [0.05, 0.1) is 18.6 Å². The van der Waals surface area contributed by atoms with Crippen LogP contribution in [0.5, 0.6) is 5.75 Å². The predicted molar refractivity (Wildman–Crippen MR) is 66.1 cm³/mol. The highest BCUT2D eigenvalue weighted by atomic mass is 19.4. The van der Waals surface area contributed by atoms with Crippen molar-refractivity contribution in [2.24, 2.45) is 5.92 Å². The molecule has 1 aliphatic rings. The molecule has 1 fully saturated rings. The number of nitrogens with zero attached hydrogens (tertiary/aromatic N) is 1. The summed E-state index contributed by atoms with van der Waals surface area (Å²) in [5, 5.41) is 8.88. The number of carbonyl (C=O) groups excluding carboxylic acids is 1. The van der Waals surface area contributed by atoms with E-state index in [0.717, 1.165) is 24.1 Å². The van der Waals surface area contributed by atoms with Crippen LogP contribution in [0.2, 0.25) is 0 Å². The molecule has 0 aromatic heterocycles. The van der Waals surface area contributed by atoms with Crippen molar-refractivity contribution < 1.29 is 32.6 Å². The quantitative estimate of drug-likeness (QED) is 0.929. The molecule has 114 valence electrons. The van der Waals surface area contributed by atoms with Gasteiger partial charge in [0.15, 0.2) is 0 Å². The fourth-order valence-electron chi connectivity index (χ4n) is 2.21. The molecule has 1 atom stereocenters. The number of aliphatic carboxylic acids is 1. The molecule has 1 aromatic carbocycles. The van der Waals surface area contributed by atoms with Gasteiger partial charge in [-0.15, -0.1) is 0 Å². The number of hydrogen-bond acceptors (Lipinski definition) is 3. The fourth-order valence-corrected chi connectivity index (χ4v) is 2.21. The topological polar surface area (TPSA) is 66.8 Å². The molecule has 1 heterocycles. The largest absolute Gasteiger partial charge is 0.496 e. The molecule has 1 saturated heterocycles. The van der Waals surface area contributed by atoms with Crippen molar-refractivity contribution in [2.45, 2.75) is 12.6 Å². The Balaban J connectivity index is 2.38. The minimum absolute atomic E-state index is 0.0110. The summed E-state index contributed by atoms with van der Waals surface area (Å²) in [7, 11) is 1.12. The smallest absolute Gasteiger partial charge is 0.420 e. The Labute approximate surface area is 117 Å². The minimum Gasteiger partial charge on any atom is -0.496 e. The summed E-state index contributed by atoms with van der Waals surface area (Å²) in [6, 6.07) is 3.21. The van der Waals surface area contributed by atoms with Crippen LogP contribution in [0.1, 0.15) is 12.0 Å². The molecule has 0 spiro atoms. The summed E-state index contributed by atoms with van der Waals surface area (Å²) >= 11 is 0. The first-order chi connectivity index (χ1) is 9.74. The number of alkyl halides is 3. The Bertz CT molecular complexity index is 585. The van der Waals surface area contributed by atoms with Crippen LogP contribution in [0.3, 0.4) is 0 Å². The number of carbonyl (C=O) groups is 2. The first-order valence-corrected chi connectivity index (χ1v) is 6.02. The van der Waals surface area contributed by atoms with Crippen molar-refractivity contribution in [1.29, 1.82) is 0 Å². The van der Waals surface area contributed by atoms with Gasteiger partial charge >= 0.3 is 12.1 Å². The molecule has 0 aliphatic carbocycles. The number of amides is 1. The van der Waals surface area contributed by atoms with Crippen molar-refractivity contribution in [1.82, 2.24) is 0 Å². The maximum Gasteiger partial charge on any atom is 0.420 e. The van der Waals surface area contributed by atoms with E-state index in [-0.39, 0.29) is 24.4 Å². The number of halogens is 3. The molecule has 1 aliphatic heterocycles. The number of anilines is 1. The standard InChI is InChI=1S/C13H12F3NO4/c1-21-10-3-2-8(5-9(10)13(14,15)16)17-6-7(12(19)20)4-11(17)18/h2-3,5,7H,4,6H2,1H3,(H,19,20). The Kier molecular flexibility index (Phi) is 3.80. The summed E-state index contributed by atoms with van der Waals surface area (Å²) in [5.41, 5.74) is -0.994. The molecule has 1 N–H and O–H groups in total. The van der Waals surface area contributed by atoms with E-state index in [1.54, 1.807) is 0 Å². The molecular formula is C13H12F3NO4. The molecule has 8 heteroatoms. The van der Waals surface area contributed by atoms with Crippen LogP contribution >= 0.6 is 0 Å². The van der Waals surface area contributed by atoms with E-state index in [1.165, 1.54) is 6.07 Å². The average molecular weight is 303 g/mol. The van der Waals surface area contributed by atoms with Crippen LogP contribution in [0.15, 0.2) is 18.2 Å². The van der Waals surface area contributed by atoms with Crippen molar-refractivity contribution in [3.63, 3.8) is 0 Å². The first-order valence-electron chi connectivity index (χ1n) is 6.02. The monoisotopic (exact) mass is 303 g/mol. The summed E-state index contributed by atoms with van der Waals surface area (Å²) in [6.07, 6.45) is -4.85. The summed E-state index contributed by atoms with van der Waals surface area (Å²) in [4.78, 5) is 23.7. The molecular weight excluding hydrogens is 291 g/mol. The molecule has 2 rings (SSSR count). The maximum atomic E-state index is 12.9. The van der Waals surface area contributed by atoms with Crippen LogP contribution in [0.4, 0.5) is 18.9 Å². The molecule has 1 amide bonds. The highest BCUT2D eigenvalue weighted by molar-refractivity contribution is 5.99. The zero-order valence-electron chi connectivity index (χ0n) is 11.0. The minimum atomic E-state index is -4.63. The fraction of sp³-hybridized carbons (Fsp3) is 0.385. The van der Waals surface area contributed by atoms with E-state index in [4.69, 9.17) is 5.11 Å². The third-order valence-corrected chi connectivity index (χ3v) is 3.27. The van der Waals surface area contributed by atoms with E-state index in [2.05, 4.69) is 4.74 Å². The third kappa shape index (κ3) is 2.93. The van der Waals surface area contributed by atoms with Crippen molar-refractivity contribution in [3.05, 3.63) is 23.8 Å². The molecule has 1 unspecified atom stereocenters. The SMILES string of the molecule is COc1ccc(N2CC(C(=O)O)CC2=O)cc1C(F)(F)F.